The molecule has 0 amide bonds. The minimum Gasteiger partial charge on any atom is -0.477 e. The van der Waals surface area contributed by atoms with Crippen LogP contribution in [0, 0.1) is 5.92 Å². The molecule has 1 saturated carbocycles. The number of carboxylic acids is 1. The van der Waals surface area contributed by atoms with Gasteiger partial charge in [0.05, 0.1) is 0 Å². The largest absolute Gasteiger partial charge is 0.477 e. The number of aromatic nitrogens is 1. The first-order chi connectivity index (χ1) is 8.75. The number of anilines is 1. The number of carboxylic acid groups (broad SMARTS) is 1. The zero-order chi connectivity index (χ0) is 12.8. The molecule has 1 aromatic rings. The van der Waals surface area contributed by atoms with Crippen molar-refractivity contribution in [3.05, 3.63) is 23.9 Å². The first kappa shape index (κ1) is 12.8. The summed E-state index contributed by atoms with van der Waals surface area (Å²) in [4.78, 5) is 14.7. The summed E-state index contributed by atoms with van der Waals surface area (Å²) in [5.74, 6) is 0.385. The van der Waals surface area contributed by atoms with E-state index in [-0.39, 0.29) is 5.69 Å². The average Bonchev–Trinajstić information content (AvgIpc) is 3.18. The van der Waals surface area contributed by atoms with Crippen molar-refractivity contribution in [2.45, 2.75) is 19.3 Å². The molecule has 98 valence electrons. The topological polar surface area (TPSA) is 71.5 Å². The predicted octanol–water partition coefficient (Wildman–Crippen LogP) is 2.01. The van der Waals surface area contributed by atoms with Gasteiger partial charge in [0.1, 0.15) is 5.82 Å². The van der Waals surface area contributed by atoms with Crippen molar-refractivity contribution in [3.63, 3.8) is 0 Å². The van der Waals surface area contributed by atoms with Gasteiger partial charge in [0.2, 0.25) is 0 Å². The number of hydrogen-bond donors (Lipinski definition) is 2. The van der Waals surface area contributed by atoms with Crippen LogP contribution in [-0.2, 0) is 4.74 Å². The molecule has 0 saturated heterocycles. The Morgan fingerprint density at radius 1 is 1.50 bits per heavy atom. The van der Waals surface area contributed by atoms with Crippen LogP contribution in [-0.4, -0.2) is 35.8 Å². The van der Waals surface area contributed by atoms with Crippen molar-refractivity contribution >= 4 is 11.8 Å². The molecular weight excluding hydrogens is 232 g/mol. The quantitative estimate of drug-likeness (QED) is 0.690. The van der Waals surface area contributed by atoms with E-state index < -0.39 is 5.97 Å². The van der Waals surface area contributed by atoms with Crippen molar-refractivity contribution in [1.29, 1.82) is 0 Å². The summed E-state index contributed by atoms with van der Waals surface area (Å²) in [6.45, 7) is 2.36. The maximum atomic E-state index is 10.7. The zero-order valence-electron chi connectivity index (χ0n) is 10.3. The van der Waals surface area contributed by atoms with Crippen molar-refractivity contribution < 1.29 is 14.6 Å². The second kappa shape index (κ2) is 6.35. The first-order valence-corrected chi connectivity index (χ1v) is 6.27. The van der Waals surface area contributed by atoms with Crippen molar-refractivity contribution in [1.82, 2.24) is 4.98 Å². The molecule has 1 aliphatic carbocycles. The van der Waals surface area contributed by atoms with Gasteiger partial charge < -0.3 is 15.2 Å². The van der Waals surface area contributed by atoms with Gasteiger partial charge in [-0.3, -0.25) is 0 Å². The van der Waals surface area contributed by atoms with Gasteiger partial charge in [0, 0.05) is 19.8 Å². The number of rotatable bonds is 8. The fourth-order valence-corrected chi connectivity index (χ4v) is 1.58. The first-order valence-electron chi connectivity index (χ1n) is 6.27. The smallest absolute Gasteiger partial charge is 0.354 e. The van der Waals surface area contributed by atoms with Gasteiger partial charge in [-0.15, -0.1) is 0 Å². The normalized spacial score (nSPS) is 14.4. The Bertz CT molecular complexity index is 405. The molecule has 1 fully saturated rings. The highest BCUT2D eigenvalue weighted by molar-refractivity contribution is 5.85. The van der Waals surface area contributed by atoms with Crippen LogP contribution in [0.2, 0.25) is 0 Å². The van der Waals surface area contributed by atoms with E-state index >= 15 is 0 Å². The van der Waals surface area contributed by atoms with Crippen LogP contribution >= 0.6 is 0 Å². The molecular formula is C13H18N2O3. The van der Waals surface area contributed by atoms with Crippen LogP contribution in [0.15, 0.2) is 18.2 Å². The van der Waals surface area contributed by atoms with Gasteiger partial charge in [-0.25, -0.2) is 9.78 Å². The third-order valence-corrected chi connectivity index (χ3v) is 2.79. The van der Waals surface area contributed by atoms with Crippen LogP contribution in [0.3, 0.4) is 0 Å². The van der Waals surface area contributed by atoms with Crippen LogP contribution in [0.4, 0.5) is 5.82 Å². The lowest BCUT2D eigenvalue weighted by molar-refractivity contribution is 0.0690. The summed E-state index contributed by atoms with van der Waals surface area (Å²) < 4.78 is 5.50. The monoisotopic (exact) mass is 250 g/mol. The third kappa shape index (κ3) is 4.33. The molecule has 5 heteroatoms. The molecule has 0 aliphatic heterocycles. The summed E-state index contributed by atoms with van der Waals surface area (Å²) in [5, 5.41) is 11.9. The number of aromatic carboxylic acids is 1. The summed E-state index contributed by atoms with van der Waals surface area (Å²) in [7, 11) is 0. The Morgan fingerprint density at radius 3 is 3.06 bits per heavy atom. The second-order valence-corrected chi connectivity index (χ2v) is 4.51. The van der Waals surface area contributed by atoms with Gasteiger partial charge in [-0.1, -0.05) is 6.07 Å². The van der Waals surface area contributed by atoms with E-state index in [1.807, 2.05) is 0 Å². The third-order valence-electron chi connectivity index (χ3n) is 2.79. The molecule has 1 aromatic heterocycles. The Balaban J connectivity index is 1.62. The maximum Gasteiger partial charge on any atom is 0.354 e. The zero-order valence-corrected chi connectivity index (χ0v) is 10.3. The van der Waals surface area contributed by atoms with Gasteiger partial charge in [-0.2, -0.15) is 0 Å². The lowest BCUT2D eigenvalue weighted by atomic mass is 10.3. The summed E-state index contributed by atoms with van der Waals surface area (Å²) in [6.07, 6.45) is 3.51. The molecule has 1 aliphatic rings. The van der Waals surface area contributed by atoms with Gasteiger partial charge in [0.25, 0.3) is 0 Å². The molecule has 18 heavy (non-hydrogen) atoms. The molecule has 0 atom stereocenters. The van der Waals surface area contributed by atoms with Crippen LogP contribution in [0.1, 0.15) is 29.8 Å². The van der Waals surface area contributed by atoms with E-state index in [9.17, 15) is 4.79 Å². The number of pyridine rings is 1. The van der Waals surface area contributed by atoms with Crippen LogP contribution in [0.25, 0.3) is 0 Å². The van der Waals surface area contributed by atoms with E-state index in [2.05, 4.69) is 10.3 Å². The summed E-state index contributed by atoms with van der Waals surface area (Å²) in [5.41, 5.74) is 0.0602. The molecule has 2 rings (SSSR count). The molecule has 0 unspecified atom stereocenters. The van der Waals surface area contributed by atoms with Gasteiger partial charge in [-0.05, 0) is 37.3 Å². The highest BCUT2D eigenvalue weighted by atomic mass is 16.5. The van der Waals surface area contributed by atoms with E-state index in [0.717, 1.165) is 32.1 Å². The maximum absolute atomic E-state index is 10.7. The van der Waals surface area contributed by atoms with Gasteiger partial charge >= 0.3 is 5.97 Å². The number of nitrogens with zero attached hydrogens (tertiary/aromatic N) is 1. The lowest BCUT2D eigenvalue weighted by Gasteiger charge is -2.06. The Morgan fingerprint density at radius 2 is 2.33 bits per heavy atom. The van der Waals surface area contributed by atoms with Crippen molar-refractivity contribution in [2.24, 2.45) is 5.92 Å². The highest BCUT2D eigenvalue weighted by Gasteiger charge is 2.20. The number of hydrogen-bond acceptors (Lipinski definition) is 4. The molecule has 2 N–H and O–H groups in total. The highest BCUT2D eigenvalue weighted by Crippen LogP contribution is 2.28. The minimum atomic E-state index is -1.01. The molecule has 1 heterocycles. The molecule has 0 aromatic carbocycles. The number of nitrogens with one attached hydrogen (secondary N) is 1. The van der Waals surface area contributed by atoms with E-state index in [4.69, 9.17) is 9.84 Å². The van der Waals surface area contributed by atoms with E-state index in [1.54, 1.807) is 12.1 Å². The number of carbonyl (C=O) groups is 1. The molecule has 0 spiro atoms. The summed E-state index contributed by atoms with van der Waals surface area (Å²) >= 11 is 0. The Kier molecular flexibility index (Phi) is 4.52. The fourth-order valence-electron chi connectivity index (χ4n) is 1.58. The Hall–Kier alpha value is -1.62. The lowest BCUT2D eigenvalue weighted by Crippen LogP contribution is -2.09. The van der Waals surface area contributed by atoms with Crippen molar-refractivity contribution in [2.75, 3.05) is 25.1 Å². The second-order valence-electron chi connectivity index (χ2n) is 4.51. The fraction of sp³-hybridized carbons (Fsp3) is 0.538. The SMILES string of the molecule is O=C(O)c1cccc(NCCCOCC2CC2)n1. The van der Waals surface area contributed by atoms with E-state index in [0.29, 0.717) is 5.82 Å². The minimum absolute atomic E-state index is 0.0602. The molecule has 5 nitrogen and oxygen atoms in total. The van der Waals surface area contributed by atoms with Crippen LogP contribution in [0.5, 0.6) is 0 Å². The number of ether oxygens (including phenoxy) is 1. The standard InChI is InChI=1S/C13H18N2O3/c16-13(17)11-3-1-4-12(15-11)14-7-2-8-18-9-10-5-6-10/h1,3-4,10H,2,5-9H2,(H,14,15)(H,16,17). The average molecular weight is 250 g/mol. The van der Waals surface area contributed by atoms with Gasteiger partial charge in [0.15, 0.2) is 5.69 Å². The predicted molar refractivity (Wildman–Crippen MR) is 67.8 cm³/mol. The molecule has 0 radical (unpaired) electrons. The van der Waals surface area contributed by atoms with Crippen molar-refractivity contribution in [3.8, 4) is 0 Å². The Labute approximate surface area is 106 Å². The van der Waals surface area contributed by atoms with E-state index in [1.165, 1.54) is 18.9 Å². The van der Waals surface area contributed by atoms with Crippen LogP contribution < -0.4 is 5.32 Å². The molecule has 0 bridgehead atoms. The summed E-state index contributed by atoms with van der Waals surface area (Å²) in [6, 6.07) is 4.92.